The van der Waals surface area contributed by atoms with Gasteiger partial charge < -0.3 is 63.9 Å². The van der Waals surface area contributed by atoms with Crippen molar-refractivity contribution in [3.63, 3.8) is 0 Å². The molecular formula is C23H30N9O16P3Y-4. The first kappa shape index (κ1) is 41.2. The van der Waals surface area contributed by atoms with Gasteiger partial charge in [0.2, 0.25) is 5.95 Å². The second-order valence-electron chi connectivity index (χ2n) is 11.7. The number of imidazole rings is 1. The number of aromatic nitrogens is 6. The number of fused-ring (bicyclic) bond motifs is 2. The number of nitrogens with one attached hydrogen (secondary N) is 2. The molecule has 10 atom stereocenters. The van der Waals surface area contributed by atoms with Gasteiger partial charge in [0.15, 0.2) is 23.2 Å². The molecule has 2 fully saturated rings. The minimum atomic E-state index is -6.24. The SMILES string of the molecule is Cc1nc2c(c(=O)[nH]1)N(C)CN2[C@@H]1O[C@H](COP(=O)([O-])OP(=O)([O-])OP(=O)([O-])OC[C@H]2O[C@@H](n3cnc4c(=O)[nH]c(N)nc43)C(O)C2O)[CH-]C1C.[Y]. The fourth-order valence-electron chi connectivity index (χ4n) is 5.77. The third-order valence-corrected chi connectivity index (χ3v) is 12.0. The number of H-pyrrole nitrogens is 2. The van der Waals surface area contributed by atoms with E-state index in [2.05, 4.69) is 42.6 Å². The summed E-state index contributed by atoms with van der Waals surface area (Å²) in [7, 11) is -16.3. The molecule has 6 unspecified atom stereocenters. The zero-order valence-electron chi connectivity index (χ0n) is 27.1. The van der Waals surface area contributed by atoms with E-state index in [1.54, 1.807) is 37.1 Å². The molecule has 3 aromatic heterocycles. The molecule has 52 heavy (non-hydrogen) atoms. The molecule has 285 valence electrons. The number of phosphoric ester groups is 2. The second kappa shape index (κ2) is 15.3. The Bertz CT molecular complexity index is 2090. The number of nitrogens with two attached hydrogens (primary N) is 1. The molecule has 0 bridgehead atoms. The van der Waals surface area contributed by atoms with Crippen molar-refractivity contribution in [3.05, 3.63) is 39.3 Å². The van der Waals surface area contributed by atoms with Crippen LogP contribution < -0.4 is 41.3 Å². The number of hydrogen-bond donors (Lipinski definition) is 5. The van der Waals surface area contributed by atoms with Crippen LogP contribution >= 0.6 is 23.5 Å². The summed E-state index contributed by atoms with van der Waals surface area (Å²) in [4.78, 5) is 81.7. The Labute approximate surface area is 317 Å². The molecule has 0 spiro atoms. The minimum Gasteiger partial charge on any atom is -0.756 e. The zero-order valence-corrected chi connectivity index (χ0v) is 32.6. The van der Waals surface area contributed by atoms with Crippen LogP contribution in [0.3, 0.4) is 0 Å². The summed E-state index contributed by atoms with van der Waals surface area (Å²) in [5, 5.41) is 20.9. The average Bonchev–Trinajstić information content (AvgIpc) is 3.74. The molecule has 0 aromatic carbocycles. The third kappa shape index (κ3) is 8.60. The van der Waals surface area contributed by atoms with Crippen molar-refractivity contribution < 1.29 is 98.4 Å². The fraction of sp³-hybridized carbons (Fsp3) is 0.565. The first-order valence-electron chi connectivity index (χ1n) is 14.7. The number of aromatic amines is 2. The quantitative estimate of drug-likeness (QED) is 0.0877. The Kier molecular flexibility index (Phi) is 12.1. The van der Waals surface area contributed by atoms with Gasteiger partial charge in [-0.05, 0) is 13.0 Å². The predicted octanol–water partition coefficient (Wildman–Crippen LogP) is -3.34. The monoisotopic (exact) mass is 870 g/mol. The summed E-state index contributed by atoms with van der Waals surface area (Å²) in [6.07, 6.45) is -5.88. The Morgan fingerprint density at radius 3 is 2.33 bits per heavy atom. The van der Waals surface area contributed by atoms with E-state index in [0.29, 0.717) is 17.3 Å². The molecule has 2 saturated heterocycles. The molecule has 25 nitrogen and oxygen atoms in total. The summed E-state index contributed by atoms with van der Waals surface area (Å²) in [6.45, 7) is 1.63. The van der Waals surface area contributed by atoms with Crippen LogP contribution in [0.15, 0.2) is 15.9 Å². The van der Waals surface area contributed by atoms with Gasteiger partial charge in [0.25, 0.3) is 34.6 Å². The van der Waals surface area contributed by atoms with E-state index in [4.69, 9.17) is 15.2 Å². The summed E-state index contributed by atoms with van der Waals surface area (Å²) in [5.74, 6) is 0.0359. The number of aliphatic hydroxyl groups is 2. The number of nitrogen functional groups attached to an aromatic ring is 1. The predicted molar refractivity (Wildman–Crippen MR) is 163 cm³/mol. The van der Waals surface area contributed by atoms with E-state index in [9.17, 15) is 48.2 Å². The first-order chi connectivity index (χ1) is 23.7. The van der Waals surface area contributed by atoms with Crippen molar-refractivity contribution in [2.45, 2.75) is 50.7 Å². The zero-order chi connectivity index (χ0) is 37.2. The summed E-state index contributed by atoms with van der Waals surface area (Å²) in [6, 6.07) is 0. The van der Waals surface area contributed by atoms with Gasteiger partial charge in [-0.3, -0.25) is 39.3 Å². The molecule has 0 aliphatic carbocycles. The van der Waals surface area contributed by atoms with Gasteiger partial charge in [-0.25, -0.2) is 18.6 Å². The molecule has 6 heterocycles. The van der Waals surface area contributed by atoms with E-state index in [-0.39, 0.29) is 68.0 Å². The van der Waals surface area contributed by atoms with Crippen LogP contribution in [-0.4, -0.2) is 97.3 Å². The van der Waals surface area contributed by atoms with Crippen LogP contribution in [0.4, 0.5) is 17.5 Å². The number of aryl methyl sites for hydroxylation is 1. The van der Waals surface area contributed by atoms with Crippen LogP contribution in [0.2, 0.25) is 0 Å². The van der Waals surface area contributed by atoms with Gasteiger partial charge in [-0.1, -0.05) is 6.92 Å². The Morgan fingerprint density at radius 2 is 1.65 bits per heavy atom. The molecule has 0 amide bonds. The molecule has 6 rings (SSSR count). The van der Waals surface area contributed by atoms with Crippen molar-refractivity contribution in [1.82, 2.24) is 29.5 Å². The van der Waals surface area contributed by atoms with Crippen LogP contribution in [0.1, 0.15) is 19.0 Å². The first-order valence-corrected chi connectivity index (χ1v) is 19.1. The molecule has 29 heteroatoms. The normalized spacial score (nSPS) is 29.4. The maximum atomic E-state index is 12.4. The standard InChI is InChI=1S/C23H33N9O16P3.Y/c1-9-4-11(45-21(9)32-8-30(3)14-18(32)26-10(2)27-20(14)36)5-43-49(37,38)47-51(41,42)48-50(39,40)44-6-12-15(33)16(34)22(46-12)31-7-25-13-17(31)28-23(24)29-19(13)35;/h4,7,9,11-12,15-16,21-22,33-34H,5-6,8H2,1-3H3,(H,37,38)(H,39,40)(H,41,42)(H,26,27,36)(H3,24,28,29,35);/q-1;/p-3/t9?,11-,12+,15?,16?,21+,22+;/m0./s1. The fourth-order valence-corrected chi connectivity index (χ4v) is 9.16. The number of hydrogen-bond acceptors (Lipinski definition) is 22. The van der Waals surface area contributed by atoms with Crippen molar-refractivity contribution in [2.75, 3.05) is 42.5 Å². The second-order valence-corrected chi connectivity index (χ2v) is 16.2. The topological polar surface area (TPSA) is 358 Å². The summed E-state index contributed by atoms with van der Waals surface area (Å²) >= 11 is 0. The van der Waals surface area contributed by atoms with Crippen LogP contribution in [0, 0.1) is 19.3 Å². The summed E-state index contributed by atoms with van der Waals surface area (Å²) < 4.78 is 66.1. The molecule has 1 radical (unpaired) electrons. The molecule has 3 aliphatic heterocycles. The third-order valence-electron chi connectivity index (χ3n) is 7.86. The van der Waals surface area contributed by atoms with Gasteiger partial charge in [0.1, 0.15) is 36.1 Å². The van der Waals surface area contributed by atoms with Crippen molar-refractivity contribution >= 4 is 52.1 Å². The maximum Gasteiger partial charge on any atom is 0.280 e. The van der Waals surface area contributed by atoms with Crippen LogP contribution in [-0.2, 0) is 73.5 Å². The Morgan fingerprint density at radius 1 is 1.00 bits per heavy atom. The van der Waals surface area contributed by atoms with Crippen molar-refractivity contribution in [2.24, 2.45) is 5.92 Å². The number of anilines is 3. The van der Waals surface area contributed by atoms with E-state index in [1.807, 2.05) is 0 Å². The number of phosphoric acid groups is 3. The van der Waals surface area contributed by atoms with Gasteiger partial charge >= 0.3 is 0 Å². The van der Waals surface area contributed by atoms with E-state index < -0.39 is 79.1 Å². The molecule has 0 saturated carbocycles. The maximum absolute atomic E-state index is 12.4. The van der Waals surface area contributed by atoms with Gasteiger partial charge in [0, 0.05) is 39.8 Å². The number of ether oxygens (including phenoxy) is 2. The largest absolute Gasteiger partial charge is 0.756 e. The van der Waals surface area contributed by atoms with Gasteiger partial charge in [-0.15, -0.1) is 5.92 Å². The molecule has 6 N–H and O–H groups in total. The van der Waals surface area contributed by atoms with Crippen molar-refractivity contribution in [3.8, 4) is 0 Å². The Hall–Kier alpha value is -2.02. The number of aliphatic hydroxyl groups excluding tert-OH is 2. The smallest absolute Gasteiger partial charge is 0.280 e. The minimum absolute atomic E-state index is 0. The van der Waals surface area contributed by atoms with Gasteiger partial charge in [-0.2, -0.15) is 4.98 Å². The summed E-state index contributed by atoms with van der Waals surface area (Å²) in [5.41, 5.74) is 4.42. The number of rotatable bonds is 12. The molecule has 3 aliphatic rings. The van der Waals surface area contributed by atoms with E-state index in [0.717, 1.165) is 10.9 Å². The van der Waals surface area contributed by atoms with Gasteiger partial charge in [0.05, 0.1) is 26.2 Å². The molecular weight excluding hydrogens is 840 g/mol. The van der Waals surface area contributed by atoms with Crippen LogP contribution in [0.25, 0.3) is 11.2 Å². The van der Waals surface area contributed by atoms with E-state index >= 15 is 0 Å². The molecule has 3 aromatic rings. The average molecular weight is 870 g/mol. The Balaban J connectivity index is 0.00000523. The van der Waals surface area contributed by atoms with Crippen molar-refractivity contribution in [1.29, 1.82) is 0 Å². The van der Waals surface area contributed by atoms with Crippen LogP contribution in [0.5, 0.6) is 0 Å². The van der Waals surface area contributed by atoms with E-state index in [1.165, 1.54) is 0 Å². The number of nitrogens with zero attached hydrogens (tertiary/aromatic N) is 6.